The molecule has 0 unspecified atom stereocenters. The van der Waals surface area contributed by atoms with Gasteiger partial charge in [0, 0.05) is 0 Å². The molecule has 2 heteroatoms. The minimum Gasteiger partial charge on any atom is -0.435 e. The summed E-state index contributed by atoms with van der Waals surface area (Å²) in [6.07, 6.45) is 5.05. The van der Waals surface area contributed by atoms with Gasteiger partial charge in [-0.1, -0.05) is 49.1 Å². The van der Waals surface area contributed by atoms with Gasteiger partial charge in [0.25, 0.3) is 0 Å². The maximum atomic E-state index is 10.9. The smallest absolute Gasteiger partial charge is 0.314 e. The molecule has 0 N–H and O–H groups in total. The topological polar surface area (TPSA) is 26.3 Å². The molecule has 1 aromatic rings. The summed E-state index contributed by atoms with van der Waals surface area (Å²) in [5, 5.41) is 0. The Balaban J connectivity index is 2.42. The lowest BCUT2D eigenvalue weighted by molar-refractivity contribution is -0.136. The molecule has 0 aliphatic heterocycles. The van der Waals surface area contributed by atoms with E-state index in [1.807, 2.05) is 36.4 Å². The molecule has 2 nitrogen and oxygen atoms in total. The fourth-order valence-corrected chi connectivity index (χ4v) is 0.996. The van der Waals surface area contributed by atoms with Gasteiger partial charge in [0.15, 0.2) is 0 Å². The van der Waals surface area contributed by atoms with Crippen molar-refractivity contribution in [2.75, 3.05) is 0 Å². The molecule has 0 aliphatic rings. The van der Waals surface area contributed by atoms with E-state index in [4.69, 9.17) is 0 Å². The Morgan fingerprint density at radius 1 is 1.36 bits per heavy atom. The third-order valence-corrected chi connectivity index (χ3v) is 1.61. The summed E-state index contributed by atoms with van der Waals surface area (Å²) in [5.41, 5.74) is 1.07. The normalized spacial score (nSPS) is 10.0. The Hall–Kier alpha value is -1.83. The molecule has 0 bridgehead atoms. The zero-order valence-corrected chi connectivity index (χ0v) is 7.85. The molecule has 0 aromatic heterocycles. The Morgan fingerprint density at radius 2 is 2.07 bits per heavy atom. The highest BCUT2D eigenvalue weighted by Gasteiger charge is 1.94. The summed E-state index contributed by atoms with van der Waals surface area (Å²) < 4.78 is 4.55. The number of rotatable bonds is 4. The van der Waals surface area contributed by atoms with Gasteiger partial charge in [0.1, 0.15) is 0 Å². The van der Waals surface area contributed by atoms with Crippen molar-refractivity contribution in [2.24, 2.45) is 0 Å². The monoisotopic (exact) mass is 188 g/mol. The van der Waals surface area contributed by atoms with Gasteiger partial charge in [-0.25, -0.2) is 0 Å². The summed E-state index contributed by atoms with van der Waals surface area (Å²) in [6, 6.07) is 9.78. The van der Waals surface area contributed by atoms with Crippen LogP contribution in [0.1, 0.15) is 12.0 Å². The molecule has 0 radical (unpaired) electrons. The molecule has 0 atom stereocenters. The number of hydrogen-bond acceptors (Lipinski definition) is 2. The van der Waals surface area contributed by atoms with E-state index >= 15 is 0 Å². The average Bonchev–Trinajstić information content (AvgIpc) is 2.20. The van der Waals surface area contributed by atoms with Crippen molar-refractivity contribution in [3.63, 3.8) is 0 Å². The molecule has 0 amide bonds. The van der Waals surface area contributed by atoms with Gasteiger partial charge in [-0.15, -0.1) is 0 Å². The second-order valence-corrected chi connectivity index (χ2v) is 2.67. The first kappa shape index (κ1) is 10.3. The Bertz CT molecular complexity index is 325. The molecule has 72 valence electrons. The van der Waals surface area contributed by atoms with Crippen LogP contribution < -0.4 is 0 Å². The molecular formula is C12H12O2. The van der Waals surface area contributed by atoms with Crippen LogP contribution in [-0.4, -0.2) is 5.97 Å². The number of esters is 1. The molecule has 0 spiro atoms. The molecule has 0 aliphatic carbocycles. The predicted molar refractivity (Wildman–Crippen MR) is 56.4 cm³/mol. The van der Waals surface area contributed by atoms with E-state index in [9.17, 15) is 4.79 Å². The lowest BCUT2D eigenvalue weighted by Gasteiger charge is -1.93. The lowest BCUT2D eigenvalue weighted by Crippen LogP contribution is -1.95. The van der Waals surface area contributed by atoms with E-state index < -0.39 is 0 Å². The van der Waals surface area contributed by atoms with Crippen LogP contribution in [-0.2, 0) is 9.53 Å². The molecule has 1 rings (SSSR count). The van der Waals surface area contributed by atoms with Crippen LogP contribution in [0.3, 0.4) is 0 Å². The molecule has 0 saturated carbocycles. The highest BCUT2D eigenvalue weighted by atomic mass is 16.5. The van der Waals surface area contributed by atoms with Crippen LogP contribution in [0, 0.1) is 0 Å². The second kappa shape index (κ2) is 5.75. The minimum absolute atomic E-state index is 0.265. The van der Waals surface area contributed by atoms with Crippen molar-refractivity contribution < 1.29 is 9.53 Å². The van der Waals surface area contributed by atoms with Crippen LogP contribution in [0.25, 0.3) is 6.08 Å². The highest BCUT2D eigenvalue weighted by molar-refractivity contribution is 5.73. The first-order valence-electron chi connectivity index (χ1n) is 4.35. The van der Waals surface area contributed by atoms with Crippen molar-refractivity contribution in [1.29, 1.82) is 0 Å². The van der Waals surface area contributed by atoms with Crippen LogP contribution in [0.2, 0.25) is 0 Å². The maximum absolute atomic E-state index is 10.9. The van der Waals surface area contributed by atoms with E-state index in [-0.39, 0.29) is 12.4 Å². The molecule has 14 heavy (non-hydrogen) atoms. The fraction of sp³-hybridized carbons (Fsp3) is 0.0833. The SMILES string of the molecule is C=COC(=O)CC=Cc1ccccc1. The van der Waals surface area contributed by atoms with Gasteiger partial charge < -0.3 is 4.74 Å². The fourth-order valence-electron chi connectivity index (χ4n) is 0.996. The number of hydrogen-bond donors (Lipinski definition) is 0. The van der Waals surface area contributed by atoms with Crippen molar-refractivity contribution in [3.05, 3.63) is 54.8 Å². The van der Waals surface area contributed by atoms with Gasteiger partial charge in [-0.05, 0) is 5.56 Å². The minimum atomic E-state index is -0.299. The third kappa shape index (κ3) is 3.72. The van der Waals surface area contributed by atoms with Crippen molar-refractivity contribution in [3.8, 4) is 0 Å². The largest absolute Gasteiger partial charge is 0.435 e. The number of carbonyl (C=O) groups is 1. The Morgan fingerprint density at radius 3 is 2.71 bits per heavy atom. The summed E-state index contributed by atoms with van der Waals surface area (Å²) in [6.45, 7) is 3.30. The zero-order chi connectivity index (χ0) is 10.2. The third-order valence-electron chi connectivity index (χ3n) is 1.61. The van der Waals surface area contributed by atoms with Crippen molar-refractivity contribution in [2.45, 2.75) is 6.42 Å². The first-order chi connectivity index (χ1) is 6.83. The van der Waals surface area contributed by atoms with Crippen molar-refractivity contribution >= 4 is 12.0 Å². The second-order valence-electron chi connectivity index (χ2n) is 2.67. The average molecular weight is 188 g/mol. The van der Waals surface area contributed by atoms with Crippen LogP contribution in [0.15, 0.2) is 49.2 Å². The number of benzene rings is 1. The van der Waals surface area contributed by atoms with Gasteiger partial charge in [0.05, 0.1) is 12.7 Å². The van der Waals surface area contributed by atoms with Crippen LogP contribution >= 0.6 is 0 Å². The zero-order valence-electron chi connectivity index (χ0n) is 7.85. The van der Waals surface area contributed by atoms with Crippen LogP contribution in [0.5, 0.6) is 0 Å². The van der Waals surface area contributed by atoms with E-state index in [2.05, 4.69) is 11.3 Å². The van der Waals surface area contributed by atoms with Gasteiger partial charge in [0.2, 0.25) is 0 Å². The Labute approximate surface area is 83.5 Å². The predicted octanol–water partition coefficient (Wildman–Crippen LogP) is 2.78. The van der Waals surface area contributed by atoms with Gasteiger partial charge in [-0.2, -0.15) is 0 Å². The Kier molecular flexibility index (Phi) is 4.21. The standard InChI is InChI=1S/C12H12O2/c1-2-14-12(13)10-6-9-11-7-4-3-5-8-11/h2-9H,1,10H2. The molecular weight excluding hydrogens is 176 g/mol. The molecule has 0 saturated heterocycles. The van der Waals surface area contributed by atoms with Gasteiger partial charge in [-0.3, -0.25) is 4.79 Å². The number of carbonyl (C=O) groups excluding carboxylic acids is 1. The lowest BCUT2D eigenvalue weighted by atomic mass is 10.2. The first-order valence-corrected chi connectivity index (χ1v) is 4.35. The summed E-state index contributed by atoms with van der Waals surface area (Å²) in [4.78, 5) is 10.9. The van der Waals surface area contributed by atoms with Crippen molar-refractivity contribution in [1.82, 2.24) is 0 Å². The number of ether oxygens (including phenoxy) is 1. The molecule has 0 fully saturated rings. The van der Waals surface area contributed by atoms with E-state index in [0.717, 1.165) is 11.8 Å². The van der Waals surface area contributed by atoms with E-state index in [1.54, 1.807) is 6.08 Å². The van der Waals surface area contributed by atoms with E-state index in [0.29, 0.717) is 0 Å². The summed E-state index contributed by atoms with van der Waals surface area (Å²) >= 11 is 0. The summed E-state index contributed by atoms with van der Waals surface area (Å²) in [7, 11) is 0. The van der Waals surface area contributed by atoms with E-state index in [1.165, 1.54) is 0 Å². The summed E-state index contributed by atoms with van der Waals surface area (Å²) in [5.74, 6) is -0.299. The highest BCUT2D eigenvalue weighted by Crippen LogP contribution is 2.02. The quantitative estimate of drug-likeness (QED) is 0.536. The van der Waals surface area contributed by atoms with Gasteiger partial charge >= 0.3 is 5.97 Å². The van der Waals surface area contributed by atoms with Crippen LogP contribution in [0.4, 0.5) is 0 Å². The maximum Gasteiger partial charge on any atom is 0.314 e. The molecule has 0 heterocycles. The molecule has 1 aromatic carbocycles.